The summed E-state index contributed by atoms with van der Waals surface area (Å²) in [5, 5.41) is 5.27. The minimum Gasteiger partial charge on any atom is -0.495 e. The number of rotatable bonds is 4. The van der Waals surface area contributed by atoms with E-state index in [1.807, 2.05) is 29.2 Å². The van der Waals surface area contributed by atoms with Crippen molar-refractivity contribution in [3.63, 3.8) is 0 Å². The predicted octanol–water partition coefficient (Wildman–Crippen LogP) is 3.10. The number of carbonyl (C=O) groups is 1. The van der Waals surface area contributed by atoms with Gasteiger partial charge in [0.25, 0.3) is 0 Å². The standard InChI is InChI=1S/C19H19Cl2N5O2/c1-28-17-10-13(2-3-14(17)20)24-6-8-25(9-7-24)19(27)12-26-16-4-5-18(21)23-15(16)11-22-26/h2-5,10-11H,6-9,12H2,1H3. The molecule has 0 spiro atoms. The molecule has 1 fully saturated rings. The summed E-state index contributed by atoms with van der Waals surface area (Å²) in [5.41, 5.74) is 2.51. The molecular weight excluding hydrogens is 401 g/mol. The summed E-state index contributed by atoms with van der Waals surface area (Å²) < 4.78 is 6.95. The van der Waals surface area contributed by atoms with Gasteiger partial charge in [0.15, 0.2) is 0 Å². The maximum Gasteiger partial charge on any atom is 0.244 e. The van der Waals surface area contributed by atoms with E-state index in [0.717, 1.165) is 24.3 Å². The first kappa shape index (κ1) is 18.8. The summed E-state index contributed by atoms with van der Waals surface area (Å²) in [4.78, 5) is 21.0. The van der Waals surface area contributed by atoms with E-state index in [9.17, 15) is 4.79 Å². The van der Waals surface area contributed by atoms with Gasteiger partial charge in [-0.15, -0.1) is 0 Å². The number of carbonyl (C=O) groups excluding carboxylic acids is 1. The Labute approximate surface area is 172 Å². The van der Waals surface area contributed by atoms with Crippen LogP contribution < -0.4 is 9.64 Å². The van der Waals surface area contributed by atoms with Crippen molar-refractivity contribution < 1.29 is 9.53 Å². The van der Waals surface area contributed by atoms with E-state index < -0.39 is 0 Å². The van der Waals surface area contributed by atoms with Gasteiger partial charge in [0, 0.05) is 37.9 Å². The van der Waals surface area contributed by atoms with Gasteiger partial charge < -0.3 is 14.5 Å². The molecule has 0 aliphatic carbocycles. The van der Waals surface area contributed by atoms with Crippen molar-refractivity contribution in [2.24, 2.45) is 0 Å². The number of pyridine rings is 1. The zero-order valence-electron chi connectivity index (χ0n) is 15.3. The van der Waals surface area contributed by atoms with Gasteiger partial charge in [-0.25, -0.2) is 4.98 Å². The van der Waals surface area contributed by atoms with Crippen molar-refractivity contribution in [1.29, 1.82) is 0 Å². The molecule has 4 rings (SSSR count). The molecule has 146 valence electrons. The molecular formula is C19H19Cl2N5O2. The van der Waals surface area contributed by atoms with Crippen molar-refractivity contribution in [3.8, 4) is 5.75 Å². The molecule has 2 aromatic heterocycles. The number of piperazine rings is 1. The molecule has 0 saturated carbocycles. The lowest BCUT2D eigenvalue weighted by atomic mass is 10.2. The van der Waals surface area contributed by atoms with Crippen molar-refractivity contribution in [2.45, 2.75) is 6.54 Å². The summed E-state index contributed by atoms with van der Waals surface area (Å²) in [7, 11) is 1.60. The number of methoxy groups -OCH3 is 1. The summed E-state index contributed by atoms with van der Waals surface area (Å²) in [6.07, 6.45) is 1.63. The van der Waals surface area contributed by atoms with Crippen molar-refractivity contribution in [3.05, 3.63) is 46.7 Å². The Morgan fingerprint density at radius 1 is 1.14 bits per heavy atom. The number of aromatic nitrogens is 3. The first-order chi connectivity index (χ1) is 13.5. The minimum absolute atomic E-state index is 0.0355. The number of amides is 1. The molecule has 1 aliphatic heterocycles. The largest absolute Gasteiger partial charge is 0.495 e. The maximum atomic E-state index is 12.7. The fraction of sp³-hybridized carbons (Fsp3) is 0.316. The summed E-state index contributed by atoms with van der Waals surface area (Å²) in [5.74, 6) is 0.685. The zero-order valence-corrected chi connectivity index (χ0v) is 16.8. The van der Waals surface area contributed by atoms with Crippen molar-refractivity contribution in [1.82, 2.24) is 19.7 Å². The molecule has 3 aromatic rings. The Morgan fingerprint density at radius 3 is 2.68 bits per heavy atom. The lowest BCUT2D eigenvalue weighted by Gasteiger charge is -2.36. The fourth-order valence-corrected chi connectivity index (χ4v) is 3.70. The van der Waals surface area contributed by atoms with E-state index in [0.29, 0.717) is 34.5 Å². The molecule has 0 radical (unpaired) electrons. The Bertz CT molecular complexity index is 1010. The molecule has 1 aliphatic rings. The van der Waals surface area contributed by atoms with Crippen LogP contribution in [-0.4, -0.2) is 58.9 Å². The third-order valence-electron chi connectivity index (χ3n) is 4.88. The third-order valence-corrected chi connectivity index (χ3v) is 5.41. The molecule has 0 bridgehead atoms. The van der Waals surface area contributed by atoms with Crippen LogP contribution in [0, 0.1) is 0 Å². The number of nitrogens with zero attached hydrogens (tertiary/aromatic N) is 5. The molecule has 3 heterocycles. The van der Waals surface area contributed by atoms with Gasteiger partial charge in [-0.1, -0.05) is 23.2 Å². The molecule has 1 amide bonds. The van der Waals surface area contributed by atoms with Crippen LogP contribution in [-0.2, 0) is 11.3 Å². The fourth-order valence-electron chi connectivity index (χ4n) is 3.36. The van der Waals surface area contributed by atoms with Gasteiger partial charge in [0.1, 0.15) is 23.0 Å². The zero-order chi connectivity index (χ0) is 19.7. The lowest BCUT2D eigenvalue weighted by Crippen LogP contribution is -2.49. The number of anilines is 1. The molecule has 7 nitrogen and oxygen atoms in total. The van der Waals surface area contributed by atoms with E-state index in [4.69, 9.17) is 27.9 Å². The normalized spacial score (nSPS) is 14.5. The summed E-state index contributed by atoms with van der Waals surface area (Å²) in [6.45, 7) is 2.96. The van der Waals surface area contributed by atoms with Gasteiger partial charge >= 0.3 is 0 Å². The van der Waals surface area contributed by atoms with Crippen LogP contribution in [0.2, 0.25) is 10.2 Å². The second kappa shape index (κ2) is 7.85. The van der Waals surface area contributed by atoms with Crippen molar-refractivity contribution in [2.75, 3.05) is 38.2 Å². The van der Waals surface area contributed by atoms with Crippen LogP contribution in [0.25, 0.3) is 11.0 Å². The first-order valence-electron chi connectivity index (χ1n) is 8.89. The molecule has 28 heavy (non-hydrogen) atoms. The summed E-state index contributed by atoms with van der Waals surface area (Å²) >= 11 is 12.0. The lowest BCUT2D eigenvalue weighted by molar-refractivity contribution is -0.132. The number of benzene rings is 1. The molecule has 1 aromatic carbocycles. The second-order valence-electron chi connectivity index (χ2n) is 6.53. The highest BCUT2D eigenvalue weighted by Gasteiger charge is 2.22. The van der Waals surface area contributed by atoms with Gasteiger partial charge in [-0.2, -0.15) is 5.10 Å². The molecule has 9 heteroatoms. The van der Waals surface area contributed by atoms with Crippen LogP contribution in [0.15, 0.2) is 36.5 Å². The first-order valence-corrected chi connectivity index (χ1v) is 9.65. The molecule has 0 unspecified atom stereocenters. The Balaban J connectivity index is 1.40. The topological polar surface area (TPSA) is 63.5 Å². The number of hydrogen-bond acceptors (Lipinski definition) is 5. The third kappa shape index (κ3) is 3.72. The average Bonchev–Trinajstić information content (AvgIpc) is 3.10. The van der Waals surface area contributed by atoms with Gasteiger partial charge in [-0.05, 0) is 24.3 Å². The van der Waals surface area contributed by atoms with E-state index >= 15 is 0 Å². The average molecular weight is 420 g/mol. The van der Waals surface area contributed by atoms with E-state index in [1.165, 1.54) is 0 Å². The van der Waals surface area contributed by atoms with Crippen LogP contribution in [0.5, 0.6) is 5.75 Å². The number of fused-ring (bicyclic) bond motifs is 1. The Hall–Kier alpha value is -2.51. The van der Waals surface area contributed by atoms with Gasteiger partial charge in [0.05, 0.1) is 23.8 Å². The van der Waals surface area contributed by atoms with E-state index in [-0.39, 0.29) is 12.5 Å². The Kier molecular flexibility index (Phi) is 5.28. The SMILES string of the molecule is COc1cc(N2CCN(C(=O)Cn3ncc4nc(Cl)ccc43)CC2)ccc1Cl. The second-order valence-corrected chi connectivity index (χ2v) is 7.32. The minimum atomic E-state index is 0.0355. The highest BCUT2D eigenvalue weighted by Crippen LogP contribution is 2.29. The summed E-state index contributed by atoms with van der Waals surface area (Å²) in [6, 6.07) is 9.25. The quantitative estimate of drug-likeness (QED) is 0.607. The molecule has 0 atom stereocenters. The van der Waals surface area contributed by atoms with E-state index in [2.05, 4.69) is 15.0 Å². The number of halogens is 2. The number of hydrogen-bond donors (Lipinski definition) is 0. The maximum absolute atomic E-state index is 12.7. The Morgan fingerprint density at radius 2 is 1.93 bits per heavy atom. The van der Waals surface area contributed by atoms with Crippen LogP contribution in [0.1, 0.15) is 0 Å². The van der Waals surface area contributed by atoms with Gasteiger partial charge in [0.2, 0.25) is 5.91 Å². The van der Waals surface area contributed by atoms with Crippen LogP contribution in [0.3, 0.4) is 0 Å². The highest BCUT2D eigenvalue weighted by atomic mass is 35.5. The highest BCUT2D eigenvalue weighted by molar-refractivity contribution is 6.32. The van der Waals surface area contributed by atoms with Gasteiger partial charge in [-0.3, -0.25) is 9.48 Å². The smallest absolute Gasteiger partial charge is 0.244 e. The monoisotopic (exact) mass is 419 g/mol. The molecule has 1 saturated heterocycles. The van der Waals surface area contributed by atoms with Crippen LogP contribution >= 0.6 is 23.2 Å². The van der Waals surface area contributed by atoms with Crippen LogP contribution in [0.4, 0.5) is 5.69 Å². The molecule has 0 N–H and O–H groups in total. The van der Waals surface area contributed by atoms with E-state index in [1.54, 1.807) is 24.1 Å². The number of ether oxygens (including phenoxy) is 1. The van der Waals surface area contributed by atoms with Crippen molar-refractivity contribution >= 4 is 45.8 Å². The predicted molar refractivity (Wildman–Crippen MR) is 109 cm³/mol.